The predicted molar refractivity (Wildman–Crippen MR) is 52.7 cm³/mol. The zero-order valence-corrected chi connectivity index (χ0v) is 8.65. The summed E-state index contributed by atoms with van der Waals surface area (Å²) in [4.78, 5) is 0. The third-order valence-electron chi connectivity index (χ3n) is 1.70. The van der Waals surface area contributed by atoms with Crippen LogP contribution in [0.2, 0.25) is 0 Å². The number of rotatable bonds is 2. The highest BCUT2D eigenvalue weighted by Crippen LogP contribution is 2.16. The van der Waals surface area contributed by atoms with Crippen molar-refractivity contribution in [1.29, 1.82) is 0 Å². The first-order valence-electron chi connectivity index (χ1n) is 4.17. The molecule has 0 radical (unpaired) electrons. The van der Waals surface area contributed by atoms with Crippen molar-refractivity contribution in [2.75, 3.05) is 13.1 Å². The second-order valence-electron chi connectivity index (χ2n) is 4.03. The predicted octanol–water partition coefficient (Wildman–Crippen LogP) is 0.739. The Balaban J connectivity index is 2.33. The van der Waals surface area contributed by atoms with E-state index in [0.717, 1.165) is 13.1 Å². The molecular weight excluding hydrogens is 172 g/mol. The normalized spacial score (nSPS) is 22.7. The molecule has 1 aliphatic rings. The summed E-state index contributed by atoms with van der Waals surface area (Å²) in [5.74, 6) is 0.497. The Bertz CT molecular complexity index is 172. The third kappa shape index (κ3) is 2.77. The minimum Gasteiger partial charge on any atom is -0.591 e. The van der Waals surface area contributed by atoms with Crippen molar-refractivity contribution in [2.24, 2.45) is 10.3 Å². The summed E-state index contributed by atoms with van der Waals surface area (Å²) >= 11 is -1.08. The first-order valence-corrected chi connectivity index (χ1v) is 5.28. The van der Waals surface area contributed by atoms with Crippen LogP contribution in [-0.2, 0) is 11.4 Å². The molecule has 0 spiro atoms. The average Bonchev–Trinajstić information content (AvgIpc) is 1.81. The topological polar surface area (TPSA) is 47.5 Å². The fourth-order valence-corrected chi connectivity index (χ4v) is 1.31. The molecule has 0 aromatic rings. The monoisotopic (exact) mass is 188 g/mol. The Kier molecular flexibility index (Phi) is 3.15. The van der Waals surface area contributed by atoms with Crippen LogP contribution in [0.5, 0.6) is 0 Å². The third-order valence-corrected chi connectivity index (χ3v) is 3.07. The molecule has 1 aliphatic heterocycles. The van der Waals surface area contributed by atoms with Gasteiger partial charge in [0.15, 0.2) is 0 Å². The standard InChI is InChI=1S/C8H16N2OS/c1-8(2,3)12(11)10-6-7-4-9-5-7/h6-7,9H,4-5H2,1-3H3. The fourth-order valence-electron chi connectivity index (χ4n) is 0.716. The van der Waals surface area contributed by atoms with Gasteiger partial charge in [0.25, 0.3) is 0 Å². The molecule has 0 aromatic heterocycles. The molecule has 1 N–H and O–H groups in total. The maximum atomic E-state index is 11.4. The van der Waals surface area contributed by atoms with Gasteiger partial charge in [0.05, 0.1) is 6.21 Å². The zero-order valence-electron chi connectivity index (χ0n) is 7.83. The minimum atomic E-state index is -1.08. The van der Waals surface area contributed by atoms with E-state index in [0.29, 0.717) is 5.92 Å². The number of hydrogen-bond acceptors (Lipinski definition) is 3. The minimum absolute atomic E-state index is 0.228. The lowest BCUT2D eigenvalue weighted by Crippen LogP contribution is -2.43. The van der Waals surface area contributed by atoms with Crippen LogP contribution >= 0.6 is 0 Å². The van der Waals surface area contributed by atoms with Crippen molar-refractivity contribution in [3.05, 3.63) is 0 Å². The molecule has 70 valence electrons. The van der Waals surface area contributed by atoms with Crippen LogP contribution in [0, 0.1) is 5.92 Å². The molecule has 1 rings (SSSR count). The van der Waals surface area contributed by atoms with Crippen molar-refractivity contribution in [1.82, 2.24) is 5.32 Å². The van der Waals surface area contributed by atoms with Gasteiger partial charge in [-0.3, -0.25) is 0 Å². The molecule has 3 nitrogen and oxygen atoms in total. The number of hydrogen-bond donors (Lipinski definition) is 1. The van der Waals surface area contributed by atoms with Gasteiger partial charge < -0.3 is 9.87 Å². The van der Waals surface area contributed by atoms with Gasteiger partial charge in [-0.05, 0) is 20.8 Å². The van der Waals surface area contributed by atoms with Gasteiger partial charge in [0.1, 0.15) is 16.1 Å². The first kappa shape index (κ1) is 10.0. The van der Waals surface area contributed by atoms with Crippen LogP contribution < -0.4 is 5.32 Å². The Morgan fingerprint density at radius 2 is 2.08 bits per heavy atom. The van der Waals surface area contributed by atoms with Gasteiger partial charge in [-0.2, -0.15) is 0 Å². The Morgan fingerprint density at radius 3 is 2.42 bits per heavy atom. The maximum absolute atomic E-state index is 11.4. The molecule has 1 fully saturated rings. The SMILES string of the molecule is CC(C)(C)[S+]([O-])N=CC1CNC1. The van der Waals surface area contributed by atoms with E-state index in [1.165, 1.54) is 0 Å². The van der Waals surface area contributed by atoms with E-state index in [1.54, 1.807) is 0 Å². The molecule has 0 aliphatic carbocycles. The molecule has 1 atom stereocenters. The van der Waals surface area contributed by atoms with Crippen molar-refractivity contribution in [2.45, 2.75) is 25.5 Å². The van der Waals surface area contributed by atoms with E-state index in [-0.39, 0.29) is 4.75 Å². The molecular formula is C8H16N2OS. The fraction of sp³-hybridized carbons (Fsp3) is 0.875. The van der Waals surface area contributed by atoms with Crippen molar-refractivity contribution in [3.8, 4) is 0 Å². The summed E-state index contributed by atoms with van der Waals surface area (Å²) in [6.07, 6.45) is 1.82. The number of nitrogens with one attached hydrogen (secondary N) is 1. The smallest absolute Gasteiger partial charge is 0.144 e. The summed E-state index contributed by atoms with van der Waals surface area (Å²) in [5, 5.41) is 3.13. The molecule has 0 bridgehead atoms. The molecule has 4 heteroatoms. The van der Waals surface area contributed by atoms with Crippen molar-refractivity contribution < 1.29 is 4.55 Å². The van der Waals surface area contributed by atoms with Gasteiger partial charge in [-0.15, -0.1) is 0 Å². The van der Waals surface area contributed by atoms with Crippen LogP contribution in [0.3, 0.4) is 0 Å². The Morgan fingerprint density at radius 1 is 1.50 bits per heavy atom. The van der Waals surface area contributed by atoms with E-state index >= 15 is 0 Å². The van der Waals surface area contributed by atoms with Gasteiger partial charge in [-0.1, -0.05) is 4.40 Å². The molecule has 1 saturated heterocycles. The second kappa shape index (κ2) is 3.77. The van der Waals surface area contributed by atoms with E-state index < -0.39 is 11.4 Å². The Hall–Kier alpha value is -0.0600. The lowest BCUT2D eigenvalue weighted by atomic mass is 10.1. The van der Waals surface area contributed by atoms with Gasteiger partial charge >= 0.3 is 0 Å². The summed E-state index contributed by atoms with van der Waals surface area (Å²) in [6, 6.07) is 0. The van der Waals surface area contributed by atoms with E-state index in [9.17, 15) is 4.55 Å². The summed E-state index contributed by atoms with van der Waals surface area (Å²) < 4.78 is 15.2. The molecule has 0 saturated carbocycles. The van der Waals surface area contributed by atoms with Crippen LogP contribution in [0.4, 0.5) is 0 Å². The summed E-state index contributed by atoms with van der Waals surface area (Å²) in [7, 11) is 0. The van der Waals surface area contributed by atoms with Crippen molar-refractivity contribution in [3.63, 3.8) is 0 Å². The zero-order chi connectivity index (χ0) is 9.19. The lowest BCUT2D eigenvalue weighted by Gasteiger charge is -2.23. The molecule has 0 amide bonds. The average molecular weight is 188 g/mol. The van der Waals surface area contributed by atoms with Crippen LogP contribution in [-0.4, -0.2) is 28.6 Å². The molecule has 0 aromatic carbocycles. The highest BCUT2D eigenvalue weighted by atomic mass is 32.2. The molecule has 1 unspecified atom stereocenters. The van der Waals surface area contributed by atoms with Crippen LogP contribution in [0.1, 0.15) is 20.8 Å². The van der Waals surface area contributed by atoms with E-state index in [4.69, 9.17) is 0 Å². The largest absolute Gasteiger partial charge is 0.591 e. The van der Waals surface area contributed by atoms with Crippen LogP contribution in [0.15, 0.2) is 4.40 Å². The van der Waals surface area contributed by atoms with Crippen molar-refractivity contribution >= 4 is 17.6 Å². The maximum Gasteiger partial charge on any atom is 0.144 e. The highest BCUT2D eigenvalue weighted by molar-refractivity contribution is 7.91. The Labute approximate surface area is 77.0 Å². The summed E-state index contributed by atoms with van der Waals surface area (Å²) in [5.41, 5.74) is 0. The van der Waals surface area contributed by atoms with Gasteiger partial charge in [0, 0.05) is 19.0 Å². The second-order valence-corrected chi connectivity index (χ2v) is 5.97. The lowest BCUT2D eigenvalue weighted by molar-refractivity contribution is 0.450. The van der Waals surface area contributed by atoms with E-state index in [2.05, 4.69) is 9.71 Å². The molecule has 12 heavy (non-hydrogen) atoms. The first-order chi connectivity index (χ1) is 5.50. The molecule has 1 heterocycles. The quantitative estimate of drug-likeness (QED) is 0.513. The van der Waals surface area contributed by atoms with Gasteiger partial charge in [-0.25, -0.2) is 0 Å². The van der Waals surface area contributed by atoms with E-state index in [1.807, 2.05) is 27.0 Å². The number of nitrogens with zero attached hydrogens (tertiary/aromatic N) is 1. The highest BCUT2D eigenvalue weighted by Gasteiger charge is 2.26. The summed E-state index contributed by atoms with van der Waals surface area (Å²) in [6.45, 7) is 7.74. The van der Waals surface area contributed by atoms with Gasteiger partial charge in [0.2, 0.25) is 0 Å². The van der Waals surface area contributed by atoms with Crippen LogP contribution in [0.25, 0.3) is 0 Å².